The van der Waals surface area contributed by atoms with E-state index in [4.69, 9.17) is 14.9 Å². The largest absolute Gasteiger partial charge is 0.489 e. The summed E-state index contributed by atoms with van der Waals surface area (Å²) in [6, 6.07) is 4.18. The van der Waals surface area contributed by atoms with Gasteiger partial charge in [-0.1, -0.05) is 0 Å². The predicted molar refractivity (Wildman–Crippen MR) is 91.4 cm³/mol. The second-order valence-corrected chi connectivity index (χ2v) is 5.49. The number of nitrogens with zero attached hydrogens (tertiary/aromatic N) is 1. The summed E-state index contributed by atoms with van der Waals surface area (Å²) in [6.45, 7) is -0.530. The third-order valence-corrected chi connectivity index (χ3v) is 3.64. The maximum atomic E-state index is 12.3. The number of hydrogen-bond acceptors (Lipinski definition) is 6. The zero-order valence-electron chi connectivity index (χ0n) is 13.9. The first-order chi connectivity index (χ1) is 12.7. The van der Waals surface area contributed by atoms with Crippen LogP contribution in [0.1, 0.15) is 23.3 Å². The van der Waals surface area contributed by atoms with Gasteiger partial charge >= 0.3 is 17.9 Å². The topological polar surface area (TPSA) is 160 Å². The summed E-state index contributed by atoms with van der Waals surface area (Å²) in [7, 11) is 0. The first-order valence-corrected chi connectivity index (χ1v) is 7.72. The Morgan fingerprint density at radius 3 is 2.19 bits per heavy atom. The van der Waals surface area contributed by atoms with E-state index in [9.17, 15) is 29.1 Å². The van der Waals surface area contributed by atoms with Crippen molar-refractivity contribution in [2.45, 2.75) is 19.4 Å². The van der Waals surface area contributed by atoms with E-state index < -0.39 is 40.9 Å². The minimum absolute atomic E-state index is 0.0475. The van der Waals surface area contributed by atoms with Gasteiger partial charge in [0, 0.05) is 18.0 Å². The summed E-state index contributed by atoms with van der Waals surface area (Å²) < 4.78 is 6.25. The number of aromatic carboxylic acids is 1. The molecule has 27 heavy (non-hydrogen) atoms. The molecule has 10 nitrogen and oxygen atoms in total. The van der Waals surface area contributed by atoms with Gasteiger partial charge in [-0.15, -0.1) is 0 Å². The Bertz CT molecular complexity index is 1040. The smallest absolute Gasteiger partial charge is 0.352 e. The molecular formula is C17H15NO9. The molecule has 0 radical (unpaired) electrons. The van der Waals surface area contributed by atoms with Crippen LogP contribution in [-0.4, -0.2) is 44.4 Å². The predicted octanol–water partition coefficient (Wildman–Crippen LogP) is 0.388. The molecule has 0 spiro atoms. The van der Waals surface area contributed by atoms with Gasteiger partial charge in [0.2, 0.25) is 5.43 Å². The van der Waals surface area contributed by atoms with Crippen LogP contribution in [-0.2, 0) is 16.1 Å². The third kappa shape index (κ3) is 4.69. The van der Waals surface area contributed by atoms with E-state index in [0.29, 0.717) is 0 Å². The molecule has 0 saturated heterocycles. The minimum atomic E-state index is -1.42. The van der Waals surface area contributed by atoms with Crippen molar-refractivity contribution in [2.24, 2.45) is 0 Å². The van der Waals surface area contributed by atoms with Gasteiger partial charge in [-0.2, -0.15) is 0 Å². The zero-order valence-corrected chi connectivity index (χ0v) is 13.9. The van der Waals surface area contributed by atoms with Gasteiger partial charge in [0.1, 0.15) is 5.69 Å². The molecule has 0 fully saturated rings. The zero-order chi connectivity index (χ0) is 20.1. The van der Waals surface area contributed by atoms with Crippen LogP contribution in [0.4, 0.5) is 0 Å². The molecule has 0 aliphatic carbocycles. The summed E-state index contributed by atoms with van der Waals surface area (Å²) in [5, 5.41) is 26.8. The standard InChI is InChI=1S/C17H15NO9/c19-12-2-1-10-9(7-14(12)27-6-4-16(23)24)13(20)8-11(17(25)26)18(10)5-3-15(21)22/h1-2,7-8H,3-6H2,(H,21,22)(H,23,24)(H,25,26). The summed E-state index contributed by atoms with van der Waals surface area (Å²) in [4.78, 5) is 57.3. The van der Waals surface area contributed by atoms with E-state index in [1.807, 2.05) is 0 Å². The molecule has 1 aromatic carbocycles. The van der Waals surface area contributed by atoms with E-state index in [-0.39, 0.29) is 36.2 Å². The van der Waals surface area contributed by atoms with Gasteiger partial charge in [-0.05, 0) is 18.2 Å². The van der Waals surface area contributed by atoms with Crippen molar-refractivity contribution in [1.29, 1.82) is 0 Å². The number of carboxylic acid groups (broad SMARTS) is 3. The molecule has 0 aliphatic heterocycles. The summed E-state index contributed by atoms with van der Waals surface area (Å²) in [6.07, 6.45) is -0.759. The Hall–Kier alpha value is -3.69. The number of hydrogen-bond donors (Lipinski definition) is 3. The molecule has 0 unspecified atom stereocenters. The third-order valence-electron chi connectivity index (χ3n) is 3.64. The van der Waals surface area contributed by atoms with Gasteiger partial charge in [0.15, 0.2) is 11.2 Å². The Morgan fingerprint density at radius 1 is 0.926 bits per heavy atom. The second kappa shape index (κ2) is 8.13. The van der Waals surface area contributed by atoms with E-state index in [2.05, 4.69) is 0 Å². The van der Waals surface area contributed by atoms with Crippen LogP contribution < -0.4 is 15.6 Å². The second-order valence-electron chi connectivity index (χ2n) is 5.49. The number of pyridine rings is 1. The number of aryl methyl sites for hydroxylation is 1. The van der Waals surface area contributed by atoms with Crippen LogP contribution in [0.15, 0.2) is 33.9 Å². The van der Waals surface area contributed by atoms with Crippen molar-refractivity contribution in [3.8, 4) is 5.75 Å². The van der Waals surface area contributed by atoms with Crippen molar-refractivity contribution >= 4 is 28.8 Å². The fraction of sp³-hybridized carbons (Fsp3) is 0.235. The van der Waals surface area contributed by atoms with Crippen LogP contribution in [0.25, 0.3) is 10.9 Å². The Morgan fingerprint density at radius 2 is 1.59 bits per heavy atom. The number of ether oxygens (including phenoxy) is 1. The first-order valence-electron chi connectivity index (χ1n) is 7.72. The number of aromatic nitrogens is 1. The van der Waals surface area contributed by atoms with E-state index >= 15 is 0 Å². The SMILES string of the molecule is O=C(O)CCOc1cc2c(=O)cc(C(=O)O)n(CCC(=O)O)c2ccc1=O. The average molecular weight is 377 g/mol. The maximum absolute atomic E-state index is 12.3. The van der Waals surface area contributed by atoms with Crippen molar-refractivity contribution in [1.82, 2.24) is 4.57 Å². The molecule has 0 amide bonds. The average Bonchev–Trinajstić information content (AvgIpc) is 2.73. The molecule has 1 heterocycles. The lowest BCUT2D eigenvalue weighted by molar-refractivity contribution is -0.138. The van der Waals surface area contributed by atoms with Gasteiger partial charge in [0.05, 0.1) is 25.0 Å². The number of carboxylic acids is 3. The van der Waals surface area contributed by atoms with Crippen LogP contribution in [0.5, 0.6) is 5.75 Å². The number of aliphatic carboxylic acids is 2. The molecule has 0 saturated carbocycles. The van der Waals surface area contributed by atoms with Crippen LogP contribution in [0.2, 0.25) is 0 Å². The molecule has 1 aromatic heterocycles. The molecule has 0 bridgehead atoms. The molecular weight excluding hydrogens is 362 g/mol. The lowest BCUT2D eigenvalue weighted by atomic mass is 10.2. The van der Waals surface area contributed by atoms with E-state index in [1.54, 1.807) is 0 Å². The van der Waals surface area contributed by atoms with Gasteiger partial charge in [0.25, 0.3) is 0 Å². The number of rotatable bonds is 8. The number of carbonyl (C=O) groups is 3. The molecule has 0 atom stereocenters. The Kier molecular flexibility index (Phi) is 5.91. The fourth-order valence-electron chi connectivity index (χ4n) is 2.43. The van der Waals surface area contributed by atoms with E-state index in [0.717, 1.165) is 22.8 Å². The highest BCUT2D eigenvalue weighted by Gasteiger charge is 2.16. The van der Waals surface area contributed by atoms with Gasteiger partial charge in [-0.25, -0.2) is 4.79 Å². The van der Waals surface area contributed by atoms with Gasteiger partial charge < -0.3 is 24.6 Å². The molecule has 10 heteroatoms. The minimum Gasteiger partial charge on any atom is -0.489 e. The Balaban J connectivity index is 2.68. The van der Waals surface area contributed by atoms with Crippen LogP contribution >= 0.6 is 0 Å². The maximum Gasteiger partial charge on any atom is 0.352 e. The summed E-state index contributed by atoms with van der Waals surface area (Å²) >= 11 is 0. The summed E-state index contributed by atoms with van der Waals surface area (Å²) in [5.74, 6) is -3.99. The first kappa shape index (κ1) is 19.6. The lowest BCUT2D eigenvalue weighted by Crippen LogP contribution is -2.19. The van der Waals surface area contributed by atoms with Crippen molar-refractivity contribution in [3.05, 3.63) is 50.4 Å². The summed E-state index contributed by atoms with van der Waals surface area (Å²) in [5.41, 5.74) is -1.71. The quantitative estimate of drug-likeness (QED) is 0.591. The van der Waals surface area contributed by atoms with Gasteiger partial charge in [-0.3, -0.25) is 19.2 Å². The highest BCUT2D eigenvalue weighted by Crippen LogP contribution is 2.16. The fourth-order valence-corrected chi connectivity index (χ4v) is 2.43. The highest BCUT2D eigenvalue weighted by atomic mass is 16.5. The molecule has 0 aliphatic rings. The van der Waals surface area contributed by atoms with Crippen molar-refractivity contribution < 1.29 is 34.4 Å². The normalized spacial score (nSPS) is 10.5. The monoisotopic (exact) mass is 377 g/mol. The van der Waals surface area contributed by atoms with Crippen LogP contribution in [0, 0.1) is 0 Å². The van der Waals surface area contributed by atoms with Crippen molar-refractivity contribution in [3.63, 3.8) is 0 Å². The number of fused-ring (bicyclic) bond motifs is 1. The van der Waals surface area contributed by atoms with Crippen molar-refractivity contribution in [2.75, 3.05) is 6.61 Å². The molecule has 3 N–H and O–H groups in total. The molecule has 2 rings (SSSR count). The molecule has 2 aromatic rings. The highest BCUT2D eigenvalue weighted by molar-refractivity contribution is 5.90. The van der Waals surface area contributed by atoms with E-state index in [1.165, 1.54) is 6.07 Å². The molecule has 142 valence electrons. The van der Waals surface area contributed by atoms with Crippen LogP contribution in [0.3, 0.4) is 0 Å². The Labute approximate surface area is 150 Å². The lowest BCUT2D eigenvalue weighted by Gasteiger charge is -2.12.